The van der Waals surface area contributed by atoms with Crippen LogP contribution in [0.25, 0.3) is 0 Å². The van der Waals surface area contributed by atoms with Gasteiger partial charge in [0, 0.05) is 25.2 Å². The zero-order chi connectivity index (χ0) is 20.6. The molecule has 6 heteroatoms. The van der Waals surface area contributed by atoms with Gasteiger partial charge >= 0.3 is 0 Å². The second-order valence-electron chi connectivity index (χ2n) is 9.76. The molecule has 3 atom stereocenters. The molecule has 0 bridgehead atoms. The van der Waals surface area contributed by atoms with Gasteiger partial charge in [0.15, 0.2) is 0 Å². The van der Waals surface area contributed by atoms with Crippen molar-refractivity contribution in [1.82, 2.24) is 9.21 Å². The minimum absolute atomic E-state index is 0.125. The summed E-state index contributed by atoms with van der Waals surface area (Å²) >= 11 is 0. The van der Waals surface area contributed by atoms with E-state index >= 15 is 0 Å². The number of rotatable bonds is 10. The summed E-state index contributed by atoms with van der Waals surface area (Å²) in [6.45, 7) is 9.27. The number of piperidine rings is 1. The molecule has 5 nitrogen and oxygen atoms in total. The van der Waals surface area contributed by atoms with Crippen LogP contribution in [-0.4, -0.2) is 72.8 Å². The van der Waals surface area contributed by atoms with Gasteiger partial charge < -0.3 is 10.2 Å². The van der Waals surface area contributed by atoms with Crippen LogP contribution in [-0.2, 0) is 11.0 Å². The molecule has 166 valence electrons. The minimum Gasteiger partial charge on any atom is -0.395 e. The average Bonchev–Trinajstić information content (AvgIpc) is 2.67. The third-order valence-electron chi connectivity index (χ3n) is 6.31. The van der Waals surface area contributed by atoms with Crippen molar-refractivity contribution < 1.29 is 14.4 Å². The van der Waals surface area contributed by atoms with E-state index in [0.29, 0.717) is 12.5 Å². The Bertz CT molecular complexity index is 463. The summed E-state index contributed by atoms with van der Waals surface area (Å²) in [4.78, 5) is 2.34. The second kappa shape index (κ2) is 12.0. The van der Waals surface area contributed by atoms with Crippen molar-refractivity contribution in [3.05, 3.63) is 0 Å². The normalized spacial score (nSPS) is 26.6. The van der Waals surface area contributed by atoms with Gasteiger partial charge in [-0.15, -0.1) is 0 Å². The monoisotopic (exact) mass is 416 g/mol. The first-order valence-electron chi connectivity index (χ1n) is 11.5. The first-order valence-corrected chi connectivity index (χ1v) is 12.6. The van der Waals surface area contributed by atoms with Crippen LogP contribution in [0.4, 0.5) is 0 Å². The highest BCUT2D eigenvalue weighted by Crippen LogP contribution is 2.28. The number of unbranched alkanes of at least 4 members (excludes halogenated alkanes) is 3. The molecule has 2 N–H and O–H groups in total. The van der Waals surface area contributed by atoms with Gasteiger partial charge in [0.25, 0.3) is 0 Å². The molecule has 0 spiro atoms. The average molecular weight is 417 g/mol. The molecular weight excluding hydrogens is 372 g/mol. The lowest BCUT2D eigenvalue weighted by Gasteiger charge is -2.37. The van der Waals surface area contributed by atoms with Gasteiger partial charge in [-0.2, -0.15) is 0 Å². The molecule has 2 fully saturated rings. The van der Waals surface area contributed by atoms with Gasteiger partial charge in [-0.1, -0.05) is 32.1 Å². The van der Waals surface area contributed by atoms with Gasteiger partial charge in [0.2, 0.25) is 0 Å². The summed E-state index contributed by atoms with van der Waals surface area (Å²) in [6, 6.07) is 0.624. The summed E-state index contributed by atoms with van der Waals surface area (Å²) in [6.07, 6.45) is 12.2. The van der Waals surface area contributed by atoms with Crippen molar-refractivity contribution in [3.63, 3.8) is 0 Å². The maximum Gasteiger partial charge on any atom is 0.0999 e. The molecule has 0 aromatic rings. The molecule has 3 unspecified atom stereocenters. The zero-order valence-corrected chi connectivity index (χ0v) is 19.3. The lowest BCUT2D eigenvalue weighted by Crippen LogP contribution is -2.46. The largest absolute Gasteiger partial charge is 0.395 e. The van der Waals surface area contributed by atoms with Crippen molar-refractivity contribution in [2.75, 3.05) is 26.2 Å². The van der Waals surface area contributed by atoms with E-state index in [4.69, 9.17) is 0 Å². The fourth-order valence-corrected chi connectivity index (χ4v) is 6.10. The van der Waals surface area contributed by atoms with Crippen LogP contribution >= 0.6 is 0 Å². The summed E-state index contributed by atoms with van der Waals surface area (Å²) in [5.74, 6) is 0. The smallest absolute Gasteiger partial charge is 0.0999 e. The molecule has 1 heterocycles. The van der Waals surface area contributed by atoms with Crippen molar-refractivity contribution >= 4 is 11.0 Å². The maximum absolute atomic E-state index is 13.1. The predicted octanol–water partition coefficient (Wildman–Crippen LogP) is 3.46. The Hall–Kier alpha value is -0.0100. The van der Waals surface area contributed by atoms with E-state index in [1.807, 2.05) is 0 Å². The number of aliphatic hydroxyl groups excluding tert-OH is 2. The number of aliphatic hydroxyl groups is 2. The van der Waals surface area contributed by atoms with Crippen LogP contribution in [0, 0.1) is 0 Å². The van der Waals surface area contributed by atoms with Crippen LogP contribution in [0.5, 0.6) is 0 Å². The van der Waals surface area contributed by atoms with Gasteiger partial charge in [-0.3, -0.25) is 4.90 Å². The highest BCUT2D eigenvalue weighted by Gasteiger charge is 2.32. The Morgan fingerprint density at radius 2 is 1.71 bits per heavy atom. The molecule has 28 heavy (non-hydrogen) atoms. The third-order valence-corrected chi connectivity index (χ3v) is 8.27. The van der Waals surface area contributed by atoms with E-state index in [9.17, 15) is 14.4 Å². The Morgan fingerprint density at radius 1 is 1.04 bits per heavy atom. The highest BCUT2D eigenvalue weighted by molar-refractivity contribution is 7.84. The molecule has 0 amide bonds. The number of hydrogen-bond donors (Lipinski definition) is 2. The van der Waals surface area contributed by atoms with Crippen LogP contribution in [0.1, 0.15) is 91.4 Å². The van der Waals surface area contributed by atoms with Crippen LogP contribution in [0.15, 0.2) is 0 Å². The molecule has 1 saturated heterocycles. The summed E-state index contributed by atoms with van der Waals surface area (Å²) in [5, 5.41) is 19.3. The Morgan fingerprint density at radius 3 is 2.36 bits per heavy atom. The standard InChI is InChI=1S/C22H44N2O3S/c1-22(2,3)28(27)24(19-11-7-6-8-12-19)15-10-5-4-9-14-23-16-13-21(26)17-20(23)18-25/h19-21,25-26H,4-18H2,1-3H3. The van der Waals surface area contributed by atoms with E-state index < -0.39 is 11.0 Å². The van der Waals surface area contributed by atoms with E-state index in [1.165, 1.54) is 44.9 Å². The topological polar surface area (TPSA) is 64.0 Å². The van der Waals surface area contributed by atoms with Gasteiger partial charge in [-0.05, 0) is 65.8 Å². The van der Waals surface area contributed by atoms with Crippen molar-refractivity contribution in [3.8, 4) is 0 Å². The van der Waals surface area contributed by atoms with Crippen LogP contribution < -0.4 is 0 Å². The zero-order valence-electron chi connectivity index (χ0n) is 18.4. The Kier molecular flexibility index (Phi) is 10.4. The summed E-state index contributed by atoms with van der Waals surface area (Å²) < 4.78 is 15.2. The molecule has 2 rings (SSSR count). The molecule has 0 radical (unpaired) electrons. The van der Waals surface area contributed by atoms with E-state index in [2.05, 4.69) is 30.0 Å². The third kappa shape index (κ3) is 7.67. The Balaban J connectivity index is 1.71. The predicted molar refractivity (Wildman–Crippen MR) is 118 cm³/mol. The highest BCUT2D eigenvalue weighted by atomic mass is 32.2. The maximum atomic E-state index is 13.1. The quantitative estimate of drug-likeness (QED) is 0.535. The van der Waals surface area contributed by atoms with Gasteiger partial charge in [-0.25, -0.2) is 8.51 Å². The van der Waals surface area contributed by atoms with E-state index in [0.717, 1.165) is 38.9 Å². The lowest BCUT2D eigenvalue weighted by atomic mass is 9.95. The Labute approximate surface area is 175 Å². The van der Waals surface area contributed by atoms with Gasteiger partial charge in [0.1, 0.15) is 0 Å². The fourth-order valence-electron chi connectivity index (χ4n) is 4.62. The summed E-state index contributed by atoms with van der Waals surface area (Å²) in [7, 11) is -0.920. The molecule has 1 aliphatic heterocycles. The molecule has 1 saturated carbocycles. The number of nitrogens with zero attached hydrogens (tertiary/aromatic N) is 2. The SMILES string of the molecule is CC(C)(C)S(=O)N(CCCCCCN1CCC(O)CC1CO)C1CCCCC1. The first kappa shape index (κ1) is 24.3. The minimum atomic E-state index is -0.920. The number of hydrogen-bond acceptors (Lipinski definition) is 4. The number of likely N-dealkylation sites (tertiary alicyclic amines) is 1. The summed E-state index contributed by atoms with van der Waals surface area (Å²) in [5.41, 5.74) is 0. The molecule has 0 aromatic heterocycles. The van der Waals surface area contributed by atoms with E-state index in [-0.39, 0.29) is 23.5 Å². The fraction of sp³-hybridized carbons (Fsp3) is 1.00. The molecular formula is C22H44N2O3S. The lowest BCUT2D eigenvalue weighted by molar-refractivity contribution is 0.0163. The second-order valence-corrected chi connectivity index (χ2v) is 12.0. The molecule has 2 aliphatic rings. The molecule has 1 aliphatic carbocycles. The van der Waals surface area contributed by atoms with Crippen LogP contribution in [0.3, 0.4) is 0 Å². The van der Waals surface area contributed by atoms with E-state index in [1.54, 1.807) is 0 Å². The molecule has 0 aromatic carbocycles. The van der Waals surface area contributed by atoms with Crippen LogP contribution in [0.2, 0.25) is 0 Å². The van der Waals surface area contributed by atoms with Gasteiger partial charge in [0.05, 0.1) is 28.4 Å². The van der Waals surface area contributed by atoms with Crippen molar-refractivity contribution in [1.29, 1.82) is 0 Å². The van der Waals surface area contributed by atoms with Crippen molar-refractivity contribution in [2.45, 2.75) is 114 Å². The van der Waals surface area contributed by atoms with Crippen molar-refractivity contribution in [2.24, 2.45) is 0 Å². The first-order chi connectivity index (χ1) is 13.3.